The second-order valence-corrected chi connectivity index (χ2v) is 7.40. The molecule has 2 rings (SSSR count). The minimum atomic E-state index is -3.57. The van der Waals surface area contributed by atoms with Crippen LogP contribution in [-0.2, 0) is 23.6 Å². The van der Waals surface area contributed by atoms with Crippen molar-refractivity contribution in [3.8, 4) is 0 Å². The van der Waals surface area contributed by atoms with Crippen LogP contribution in [-0.4, -0.2) is 24.2 Å². The van der Waals surface area contributed by atoms with Crippen molar-refractivity contribution in [2.24, 2.45) is 7.05 Å². The quantitative estimate of drug-likeness (QED) is 0.852. The lowest BCUT2D eigenvalue weighted by Gasteiger charge is -2.10. The molecule has 0 unspecified atom stereocenters. The van der Waals surface area contributed by atoms with E-state index in [0.29, 0.717) is 23.2 Å². The molecule has 0 aliphatic rings. The highest BCUT2D eigenvalue weighted by Gasteiger charge is 2.20. The number of rotatable bonds is 6. The summed E-state index contributed by atoms with van der Waals surface area (Å²) in [6.07, 6.45) is 3.10. The molecule has 0 aromatic carbocycles. The van der Waals surface area contributed by atoms with Crippen molar-refractivity contribution >= 4 is 27.0 Å². The van der Waals surface area contributed by atoms with Crippen molar-refractivity contribution in [3.63, 3.8) is 0 Å². The van der Waals surface area contributed by atoms with E-state index < -0.39 is 10.0 Å². The van der Waals surface area contributed by atoms with Crippen molar-refractivity contribution in [1.82, 2.24) is 15.1 Å². The maximum atomic E-state index is 12.4. The second kappa shape index (κ2) is 5.94. The summed E-state index contributed by atoms with van der Waals surface area (Å²) in [7, 11) is -1.83. The summed E-state index contributed by atoms with van der Waals surface area (Å²) in [5.41, 5.74) is 0.460. The molecular weight excluding hydrogens is 296 g/mol. The number of aryl methyl sites for hydroxylation is 1. The molecule has 2 heterocycles. The van der Waals surface area contributed by atoms with Gasteiger partial charge in [-0.15, -0.1) is 11.3 Å². The Balaban J connectivity index is 2.19. The minimum absolute atomic E-state index is 0.305. The molecule has 2 aromatic heterocycles. The van der Waals surface area contributed by atoms with Crippen LogP contribution in [0.4, 0.5) is 5.69 Å². The van der Waals surface area contributed by atoms with E-state index in [0.717, 1.165) is 4.88 Å². The van der Waals surface area contributed by atoms with Gasteiger partial charge < -0.3 is 5.32 Å². The lowest BCUT2D eigenvalue weighted by atomic mass is 10.4. The summed E-state index contributed by atoms with van der Waals surface area (Å²) in [6, 6.07) is 1.93. The van der Waals surface area contributed by atoms with E-state index in [2.05, 4.69) is 15.1 Å². The van der Waals surface area contributed by atoms with Gasteiger partial charge in [0.25, 0.3) is 10.0 Å². The van der Waals surface area contributed by atoms with Gasteiger partial charge in [-0.2, -0.15) is 5.10 Å². The fraction of sp³-hybridized carbons (Fsp3) is 0.417. The van der Waals surface area contributed by atoms with E-state index in [1.165, 1.54) is 17.5 Å². The van der Waals surface area contributed by atoms with Crippen molar-refractivity contribution in [2.45, 2.75) is 31.3 Å². The van der Waals surface area contributed by atoms with Crippen LogP contribution in [0.3, 0.4) is 0 Å². The Bertz CT molecular complexity index is 673. The fourth-order valence-corrected chi connectivity index (χ4v) is 4.10. The fourth-order valence-electron chi connectivity index (χ4n) is 1.68. The SMILES string of the molecule is CC(C)NCc1sccc1S(=O)(=O)Nc1cnn(C)c1. The Kier molecular flexibility index (Phi) is 4.46. The topological polar surface area (TPSA) is 76.0 Å². The Morgan fingerprint density at radius 1 is 1.45 bits per heavy atom. The molecular formula is C12H18N4O2S2. The van der Waals surface area contributed by atoms with Gasteiger partial charge in [-0.1, -0.05) is 13.8 Å². The molecule has 110 valence electrons. The standard InChI is InChI=1S/C12H18N4O2S2/c1-9(2)13-7-11-12(4-5-19-11)20(17,18)15-10-6-14-16(3)8-10/h4-6,8-9,13,15H,7H2,1-3H3. The third-order valence-electron chi connectivity index (χ3n) is 2.62. The molecule has 6 nitrogen and oxygen atoms in total. The number of thiophene rings is 1. The summed E-state index contributed by atoms with van der Waals surface area (Å²) in [4.78, 5) is 1.12. The lowest BCUT2D eigenvalue weighted by molar-refractivity contribution is 0.581. The molecule has 0 saturated carbocycles. The molecule has 0 spiro atoms. The van der Waals surface area contributed by atoms with Gasteiger partial charge in [0.2, 0.25) is 0 Å². The van der Waals surface area contributed by atoms with Gasteiger partial charge in [0.1, 0.15) is 4.90 Å². The van der Waals surface area contributed by atoms with Crippen molar-refractivity contribution in [3.05, 3.63) is 28.7 Å². The maximum Gasteiger partial charge on any atom is 0.263 e. The molecule has 0 bridgehead atoms. The van der Waals surface area contributed by atoms with Gasteiger partial charge in [-0.3, -0.25) is 9.40 Å². The third kappa shape index (κ3) is 3.59. The van der Waals surface area contributed by atoms with Crippen molar-refractivity contribution in [2.75, 3.05) is 4.72 Å². The molecule has 8 heteroatoms. The van der Waals surface area contributed by atoms with Crippen molar-refractivity contribution in [1.29, 1.82) is 0 Å². The summed E-state index contributed by atoms with van der Waals surface area (Å²) in [5, 5.41) is 8.96. The van der Waals surface area contributed by atoms with Crippen molar-refractivity contribution < 1.29 is 8.42 Å². The first-order valence-electron chi connectivity index (χ1n) is 6.19. The van der Waals surface area contributed by atoms with Crippen LogP contribution in [0.15, 0.2) is 28.7 Å². The number of hydrogen-bond acceptors (Lipinski definition) is 5. The zero-order valence-corrected chi connectivity index (χ0v) is 13.3. The first kappa shape index (κ1) is 15.0. The highest BCUT2D eigenvalue weighted by molar-refractivity contribution is 7.93. The molecule has 0 aliphatic heterocycles. The van der Waals surface area contributed by atoms with E-state index in [1.54, 1.807) is 29.4 Å². The largest absolute Gasteiger partial charge is 0.310 e. The van der Waals surface area contributed by atoms with Gasteiger partial charge in [0, 0.05) is 30.7 Å². The highest BCUT2D eigenvalue weighted by Crippen LogP contribution is 2.24. The Morgan fingerprint density at radius 3 is 2.80 bits per heavy atom. The summed E-state index contributed by atoms with van der Waals surface area (Å²) in [6.45, 7) is 4.59. The lowest BCUT2D eigenvalue weighted by Crippen LogP contribution is -2.23. The summed E-state index contributed by atoms with van der Waals surface area (Å²) < 4.78 is 28.8. The number of anilines is 1. The predicted octanol–water partition coefficient (Wildman–Crippen LogP) is 1.78. The summed E-state index contributed by atoms with van der Waals surface area (Å²) >= 11 is 1.43. The van der Waals surface area contributed by atoms with Crippen LogP contribution in [0.5, 0.6) is 0 Å². The minimum Gasteiger partial charge on any atom is -0.310 e. The van der Waals surface area contributed by atoms with Gasteiger partial charge in [-0.05, 0) is 11.4 Å². The highest BCUT2D eigenvalue weighted by atomic mass is 32.2. The zero-order valence-electron chi connectivity index (χ0n) is 11.6. The number of nitrogens with zero attached hydrogens (tertiary/aromatic N) is 2. The molecule has 20 heavy (non-hydrogen) atoms. The van der Waals surface area contributed by atoms with Gasteiger partial charge in [0.15, 0.2) is 0 Å². The first-order valence-corrected chi connectivity index (χ1v) is 8.56. The average molecular weight is 314 g/mol. The number of nitrogens with one attached hydrogen (secondary N) is 2. The number of hydrogen-bond donors (Lipinski definition) is 2. The second-order valence-electron chi connectivity index (χ2n) is 4.75. The smallest absolute Gasteiger partial charge is 0.263 e. The molecule has 2 N–H and O–H groups in total. The van der Waals surface area contributed by atoms with E-state index >= 15 is 0 Å². The van der Waals surface area contributed by atoms with Crippen LogP contribution in [0.1, 0.15) is 18.7 Å². The molecule has 0 fully saturated rings. The van der Waals surface area contributed by atoms with Crippen LogP contribution in [0.2, 0.25) is 0 Å². The van der Waals surface area contributed by atoms with Crippen LogP contribution in [0.25, 0.3) is 0 Å². The molecule has 0 saturated heterocycles. The number of aromatic nitrogens is 2. The molecule has 0 atom stereocenters. The van der Waals surface area contributed by atoms with Gasteiger partial charge in [-0.25, -0.2) is 8.42 Å². The zero-order chi connectivity index (χ0) is 14.8. The Hall–Kier alpha value is -1.38. The van der Waals surface area contributed by atoms with Crippen LogP contribution < -0.4 is 10.0 Å². The van der Waals surface area contributed by atoms with Gasteiger partial charge >= 0.3 is 0 Å². The summed E-state index contributed by atoms with van der Waals surface area (Å²) in [5.74, 6) is 0. The number of sulfonamides is 1. The van der Waals surface area contributed by atoms with Gasteiger partial charge in [0.05, 0.1) is 11.9 Å². The Labute approximate surface area is 122 Å². The average Bonchev–Trinajstić information content (AvgIpc) is 2.95. The maximum absolute atomic E-state index is 12.4. The molecule has 0 radical (unpaired) electrons. The van der Waals surface area contributed by atoms with E-state index in [9.17, 15) is 8.42 Å². The normalized spacial score (nSPS) is 12.0. The monoisotopic (exact) mass is 314 g/mol. The third-order valence-corrected chi connectivity index (χ3v) is 5.14. The van der Waals surface area contributed by atoms with Crippen LogP contribution in [0, 0.1) is 0 Å². The molecule has 0 aliphatic carbocycles. The van der Waals surface area contributed by atoms with Crippen LogP contribution >= 0.6 is 11.3 Å². The predicted molar refractivity (Wildman–Crippen MR) is 80.3 cm³/mol. The molecule has 2 aromatic rings. The van der Waals surface area contributed by atoms with E-state index in [1.807, 2.05) is 13.8 Å². The first-order chi connectivity index (χ1) is 9.38. The Morgan fingerprint density at radius 2 is 2.20 bits per heavy atom. The molecule has 0 amide bonds. The van der Waals surface area contributed by atoms with E-state index in [4.69, 9.17) is 0 Å². The van der Waals surface area contributed by atoms with E-state index in [-0.39, 0.29) is 0 Å².